The fourth-order valence-corrected chi connectivity index (χ4v) is 3.44. The van der Waals surface area contributed by atoms with Crippen LogP contribution in [0, 0.1) is 0 Å². The zero-order valence-corrected chi connectivity index (χ0v) is 17.1. The van der Waals surface area contributed by atoms with Crippen LogP contribution in [-0.4, -0.2) is 38.6 Å². The zero-order valence-electron chi connectivity index (χ0n) is 17.1. The molecule has 0 saturated carbocycles. The van der Waals surface area contributed by atoms with E-state index in [4.69, 9.17) is 4.74 Å². The highest BCUT2D eigenvalue weighted by molar-refractivity contribution is 6.00. The van der Waals surface area contributed by atoms with Crippen molar-refractivity contribution in [1.29, 1.82) is 0 Å². The molecular formula is C22H24F3N3O3. The normalized spacial score (nSPS) is 14.1. The Morgan fingerprint density at radius 1 is 1.06 bits per heavy atom. The zero-order chi connectivity index (χ0) is 22.4. The Morgan fingerprint density at radius 2 is 1.81 bits per heavy atom. The molecule has 31 heavy (non-hydrogen) atoms. The van der Waals surface area contributed by atoms with Crippen LogP contribution in [0.15, 0.2) is 42.5 Å². The number of amides is 2. The first-order valence-corrected chi connectivity index (χ1v) is 9.96. The summed E-state index contributed by atoms with van der Waals surface area (Å²) in [7, 11) is 1.47. The predicted octanol–water partition coefficient (Wildman–Crippen LogP) is 4.07. The molecule has 3 rings (SSSR count). The summed E-state index contributed by atoms with van der Waals surface area (Å²) in [5, 5.41) is 5.00. The fourth-order valence-electron chi connectivity index (χ4n) is 3.44. The number of piperidine rings is 1. The van der Waals surface area contributed by atoms with E-state index in [1.54, 1.807) is 18.2 Å². The van der Waals surface area contributed by atoms with Gasteiger partial charge in [-0.3, -0.25) is 9.59 Å². The van der Waals surface area contributed by atoms with E-state index in [1.165, 1.54) is 19.2 Å². The highest BCUT2D eigenvalue weighted by Gasteiger charge is 2.32. The van der Waals surface area contributed by atoms with Gasteiger partial charge >= 0.3 is 6.18 Å². The van der Waals surface area contributed by atoms with Gasteiger partial charge in [-0.15, -0.1) is 0 Å². The number of ether oxygens (including phenoxy) is 1. The van der Waals surface area contributed by atoms with E-state index in [-0.39, 0.29) is 12.2 Å². The summed E-state index contributed by atoms with van der Waals surface area (Å²) in [6, 6.07) is 9.75. The summed E-state index contributed by atoms with van der Waals surface area (Å²) in [5.41, 5.74) is 0.0849. The second-order valence-electron chi connectivity index (χ2n) is 7.24. The van der Waals surface area contributed by atoms with E-state index in [2.05, 4.69) is 10.6 Å². The Labute approximate surface area is 178 Å². The predicted molar refractivity (Wildman–Crippen MR) is 111 cm³/mol. The first-order chi connectivity index (χ1) is 14.8. The number of carbonyl (C=O) groups is 2. The van der Waals surface area contributed by atoms with Crippen molar-refractivity contribution in [3.05, 3.63) is 53.6 Å². The lowest BCUT2D eigenvalue weighted by Crippen LogP contribution is -2.34. The molecule has 1 heterocycles. The topological polar surface area (TPSA) is 70.7 Å². The number of hydrogen-bond acceptors (Lipinski definition) is 4. The molecule has 0 spiro atoms. The van der Waals surface area contributed by atoms with Crippen molar-refractivity contribution in [2.24, 2.45) is 0 Å². The molecule has 9 heteroatoms. The second kappa shape index (κ2) is 9.72. The third kappa shape index (κ3) is 5.90. The SMILES string of the molecule is COc1cccc(C(=O)NCC(=O)Nc2cc(C(F)(F)F)ccc2N2CCCCC2)c1. The molecule has 0 aromatic heterocycles. The van der Waals surface area contributed by atoms with Crippen LogP contribution < -0.4 is 20.3 Å². The van der Waals surface area contributed by atoms with Crippen molar-refractivity contribution in [2.45, 2.75) is 25.4 Å². The van der Waals surface area contributed by atoms with Crippen molar-refractivity contribution in [2.75, 3.05) is 37.0 Å². The molecule has 2 aromatic rings. The van der Waals surface area contributed by atoms with Crippen LogP contribution in [0.1, 0.15) is 35.2 Å². The minimum Gasteiger partial charge on any atom is -0.497 e. The maximum Gasteiger partial charge on any atom is 0.416 e. The summed E-state index contributed by atoms with van der Waals surface area (Å²) < 4.78 is 44.6. The summed E-state index contributed by atoms with van der Waals surface area (Å²) in [5.74, 6) is -0.615. The number of benzene rings is 2. The van der Waals surface area contributed by atoms with Crippen molar-refractivity contribution in [3.8, 4) is 5.75 Å². The third-order valence-corrected chi connectivity index (χ3v) is 5.04. The summed E-state index contributed by atoms with van der Waals surface area (Å²) in [6.45, 7) is 1.04. The lowest BCUT2D eigenvalue weighted by atomic mass is 10.1. The average molecular weight is 435 g/mol. The molecule has 2 amide bonds. The third-order valence-electron chi connectivity index (χ3n) is 5.04. The number of nitrogens with zero attached hydrogens (tertiary/aromatic N) is 1. The largest absolute Gasteiger partial charge is 0.497 e. The number of hydrogen-bond donors (Lipinski definition) is 2. The number of methoxy groups -OCH3 is 1. The molecule has 166 valence electrons. The molecule has 1 aliphatic heterocycles. The number of nitrogens with one attached hydrogen (secondary N) is 2. The van der Waals surface area contributed by atoms with Crippen LogP contribution in [0.4, 0.5) is 24.5 Å². The Hall–Kier alpha value is -3.23. The van der Waals surface area contributed by atoms with Crippen LogP contribution >= 0.6 is 0 Å². The Balaban J connectivity index is 1.71. The molecule has 1 saturated heterocycles. The number of alkyl halides is 3. The van der Waals surface area contributed by atoms with Gasteiger partial charge < -0.3 is 20.3 Å². The smallest absolute Gasteiger partial charge is 0.416 e. The molecule has 0 atom stereocenters. The number of halogens is 3. The summed E-state index contributed by atoms with van der Waals surface area (Å²) in [6.07, 6.45) is -1.59. The minimum atomic E-state index is -4.53. The standard InChI is InChI=1S/C22H24F3N3O3/c1-31-17-7-5-6-15(12-17)21(30)26-14-20(29)27-18-13-16(22(23,24)25)8-9-19(18)28-10-3-2-4-11-28/h5-9,12-13H,2-4,10-11,14H2,1H3,(H,26,30)(H,27,29). The Morgan fingerprint density at radius 3 is 2.48 bits per heavy atom. The van der Waals surface area contributed by atoms with Crippen molar-refractivity contribution < 1.29 is 27.5 Å². The molecule has 0 aliphatic carbocycles. The molecule has 0 unspecified atom stereocenters. The van der Waals surface area contributed by atoms with Crippen LogP contribution in [-0.2, 0) is 11.0 Å². The van der Waals surface area contributed by atoms with E-state index < -0.39 is 23.6 Å². The highest BCUT2D eigenvalue weighted by Crippen LogP contribution is 2.36. The maximum absolute atomic E-state index is 13.2. The molecule has 1 aliphatic rings. The molecule has 2 N–H and O–H groups in total. The molecule has 0 bridgehead atoms. The summed E-state index contributed by atoms with van der Waals surface area (Å²) in [4.78, 5) is 26.6. The highest BCUT2D eigenvalue weighted by atomic mass is 19.4. The second-order valence-corrected chi connectivity index (χ2v) is 7.24. The van der Waals surface area contributed by atoms with Crippen molar-refractivity contribution in [3.63, 3.8) is 0 Å². The van der Waals surface area contributed by atoms with E-state index in [0.717, 1.165) is 31.4 Å². The molecular weight excluding hydrogens is 411 g/mol. The monoisotopic (exact) mass is 435 g/mol. The van der Waals surface area contributed by atoms with Gasteiger partial charge in [0.25, 0.3) is 5.91 Å². The Bertz CT molecular complexity index is 941. The molecule has 2 aromatic carbocycles. The van der Waals surface area contributed by atoms with Crippen LogP contribution in [0.25, 0.3) is 0 Å². The van der Waals surface area contributed by atoms with E-state index >= 15 is 0 Å². The van der Waals surface area contributed by atoms with Crippen molar-refractivity contribution >= 4 is 23.2 Å². The number of rotatable bonds is 6. The quantitative estimate of drug-likeness (QED) is 0.718. The number of anilines is 2. The molecule has 0 radical (unpaired) electrons. The average Bonchev–Trinajstić information content (AvgIpc) is 2.77. The van der Waals surface area contributed by atoms with Gasteiger partial charge in [-0.1, -0.05) is 6.07 Å². The van der Waals surface area contributed by atoms with Gasteiger partial charge in [-0.2, -0.15) is 13.2 Å². The molecule has 1 fully saturated rings. The number of carbonyl (C=O) groups excluding carboxylic acids is 2. The van der Waals surface area contributed by atoms with Crippen LogP contribution in [0.5, 0.6) is 5.75 Å². The fraction of sp³-hybridized carbons (Fsp3) is 0.364. The first kappa shape index (κ1) is 22.5. The van der Waals surface area contributed by atoms with Crippen LogP contribution in [0.2, 0.25) is 0 Å². The summed E-state index contributed by atoms with van der Waals surface area (Å²) >= 11 is 0. The van der Waals surface area contributed by atoms with Gasteiger partial charge in [0.05, 0.1) is 30.6 Å². The minimum absolute atomic E-state index is 0.0809. The first-order valence-electron chi connectivity index (χ1n) is 9.96. The maximum atomic E-state index is 13.2. The van der Waals surface area contributed by atoms with E-state index in [1.807, 2.05) is 4.90 Å². The van der Waals surface area contributed by atoms with Gasteiger partial charge in [0.2, 0.25) is 5.91 Å². The van der Waals surface area contributed by atoms with Gasteiger partial charge in [-0.25, -0.2) is 0 Å². The lowest BCUT2D eigenvalue weighted by molar-refractivity contribution is -0.137. The van der Waals surface area contributed by atoms with E-state index in [0.29, 0.717) is 30.1 Å². The van der Waals surface area contributed by atoms with Gasteiger partial charge in [0.15, 0.2) is 0 Å². The van der Waals surface area contributed by atoms with Gasteiger partial charge in [0.1, 0.15) is 5.75 Å². The van der Waals surface area contributed by atoms with Crippen molar-refractivity contribution in [1.82, 2.24) is 5.32 Å². The van der Waals surface area contributed by atoms with Gasteiger partial charge in [0, 0.05) is 18.7 Å². The van der Waals surface area contributed by atoms with E-state index in [9.17, 15) is 22.8 Å². The lowest BCUT2D eigenvalue weighted by Gasteiger charge is -2.31. The molecule has 6 nitrogen and oxygen atoms in total. The van der Waals surface area contributed by atoms with Crippen LogP contribution in [0.3, 0.4) is 0 Å². The Kier molecular flexibility index (Phi) is 7.04. The van der Waals surface area contributed by atoms with Gasteiger partial charge in [-0.05, 0) is 55.7 Å².